The van der Waals surface area contributed by atoms with Gasteiger partial charge in [0.25, 0.3) is 0 Å². The maximum absolute atomic E-state index is 6.02. The number of anilines is 1. The number of hydrogen-bond acceptors (Lipinski definition) is 4. The fourth-order valence-electron chi connectivity index (χ4n) is 2.88. The number of aromatic nitrogens is 3. The minimum Gasteiger partial charge on any atom is -0.399 e. The molecule has 0 radical (unpaired) electrons. The zero-order valence-corrected chi connectivity index (χ0v) is 14.4. The van der Waals surface area contributed by atoms with E-state index >= 15 is 0 Å². The summed E-state index contributed by atoms with van der Waals surface area (Å²) < 4.78 is 0. The summed E-state index contributed by atoms with van der Waals surface area (Å²) in [5, 5.41) is 0. The smallest absolute Gasteiger partial charge is 0.164 e. The van der Waals surface area contributed by atoms with E-state index in [1.807, 2.05) is 85.8 Å². The molecule has 4 nitrogen and oxygen atoms in total. The van der Waals surface area contributed by atoms with Gasteiger partial charge in [0, 0.05) is 22.4 Å². The molecule has 4 aromatic rings. The molecular weight excluding hydrogens is 320 g/mol. The van der Waals surface area contributed by atoms with Gasteiger partial charge < -0.3 is 5.73 Å². The van der Waals surface area contributed by atoms with E-state index in [0.717, 1.165) is 22.3 Å². The Kier molecular flexibility index (Phi) is 4.15. The fraction of sp³-hybridized carbons (Fsp3) is 0.0455. The highest BCUT2D eigenvalue weighted by molar-refractivity contribution is 5.68. The number of nitrogens with two attached hydrogens (primary N) is 1. The third-order valence-electron chi connectivity index (χ3n) is 4.06. The van der Waals surface area contributed by atoms with Crippen LogP contribution in [0.3, 0.4) is 0 Å². The van der Waals surface area contributed by atoms with Crippen LogP contribution >= 0.6 is 0 Å². The number of benzene rings is 3. The van der Waals surface area contributed by atoms with Crippen LogP contribution in [0.4, 0.5) is 5.69 Å². The van der Waals surface area contributed by atoms with Gasteiger partial charge >= 0.3 is 0 Å². The van der Waals surface area contributed by atoms with Crippen molar-refractivity contribution in [3.8, 4) is 34.2 Å². The van der Waals surface area contributed by atoms with Crippen molar-refractivity contribution in [3.05, 3.63) is 84.4 Å². The van der Waals surface area contributed by atoms with Crippen molar-refractivity contribution < 1.29 is 0 Å². The first-order chi connectivity index (χ1) is 12.7. The molecule has 26 heavy (non-hydrogen) atoms. The summed E-state index contributed by atoms with van der Waals surface area (Å²) in [6.07, 6.45) is 0. The Labute approximate surface area is 152 Å². The minimum atomic E-state index is 0.619. The summed E-state index contributed by atoms with van der Waals surface area (Å²) in [5.74, 6) is 1.91. The second-order valence-electron chi connectivity index (χ2n) is 6.17. The summed E-state index contributed by atoms with van der Waals surface area (Å²) in [6, 6.07) is 25.7. The molecule has 0 aliphatic rings. The number of nitrogens with zero attached hydrogens (tertiary/aromatic N) is 3. The molecule has 0 aliphatic carbocycles. The van der Waals surface area contributed by atoms with Crippen molar-refractivity contribution in [2.75, 3.05) is 5.73 Å². The largest absolute Gasteiger partial charge is 0.399 e. The number of rotatable bonds is 3. The molecule has 0 saturated carbocycles. The predicted molar refractivity (Wildman–Crippen MR) is 105 cm³/mol. The molecule has 0 unspecified atom stereocenters. The van der Waals surface area contributed by atoms with Crippen molar-refractivity contribution in [1.29, 1.82) is 0 Å². The van der Waals surface area contributed by atoms with Crippen LogP contribution in [0.1, 0.15) is 5.56 Å². The van der Waals surface area contributed by atoms with Crippen LogP contribution in [0.15, 0.2) is 78.9 Å². The molecule has 0 amide bonds. The van der Waals surface area contributed by atoms with Crippen molar-refractivity contribution >= 4 is 5.69 Å². The quantitative estimate of drug-likeness (QED) is 0.547. The minimum absolute atomic E-state index is 0.619. The first kappa shape index (κ1) is 16.0. The average molecular weight is 338 g/mol. The van der Waals surface area contributed by atoms with Gasteiger partial charge in [-0.15, -0.1) is 0 Å². The van der Waals surface area contributed by atoms with Crippen LogP contribution in [0.5, 0.6) is 0 Å². The first-order valence-electron chi connectivity index (χ1n) is 8.43. The van der Waals surface area contributed by atoms with Gasteiger partial charge in [-0.05, 0) is 30.7 Å². The average Bonchev–Trinajstić information content (AvgIpc) is 2.68. The van der Waals surface area contributed by atoms with Gasteiger partial charge in [-0.2, -0.15) is 0 Å². The first-order valence-corrected chi connectivity index (χ1v) is 8.43. The standard InChI is InChI=1S/C22H18N4/c1-15-12-18(14-19(23)13-15)22-25-20(16-8-4-2-5-9-16)24-21(26-22)17-10-6-3-7-11-17/h2-14H,23H2,1H3. The van der Waals surface area contributed by atoms with Crippen molar-refractivity contribution in [2.45, 2.75) is 6.92 Å². The highest BCUT2D eigenvalue weighted by Crippen LogP contribution is 2.26. The normalized spacial score (nSPS) is 10.7. The Morgan fingerprint density at radius 1 is 0.577 bits per heavy atom. The van der Waals surface area contributed by atoms with E-state index in [1.165, 1.54) is 0 Å². The summed E-state index contributed by atoms with van der Waals surface area (Å²) >= 11 is 0. The lowest BCUT2D eigenvalue weighted by molar-refractivity contribution is 1.07. The van der Waals surface area contributed by atoms with Crippen LogP contribution in [-0.2, 0) is 0 Å². The molecule has 126 valence electrons. The molecular formula is C22H18N4. The van der Waals surface area contributed by atoms with E-state index in [-0.39, 0.29) is 0 Å². The van der Waals surface area contributed by atoms with E-state index in [1.54, 1.807) is 0 Å². The van der Waals surface area contributed by atoms with E-state index < -0.39 is 0 Å². The van der Waals surface area contributed by atoms with Gasteiger partial charge in [0.05, 0.1) is 0 Å². The summed E-state index contributed by atoms with van der Waals surface area (Å²) in [7, 11) is 0. The number of aryl methyl sites for hydroxylation is 1. The third-order valence-corrected chi connectivity index (χ3v) is 4.06. The summed E-state index contributed by atoms with van der Waals surface area (Å²) in [5.41, 5.74) is 10.6. The van der Waals surface area contributed by atoms with Gasteiger partial charge in [-0.3, -0.25) is 0 Å². The molecule has 0 fully saturated rings. The topological polar surface area (TPSA) is 64.7 Å². The SMILES string of the molecule is Cc1cc(N)cc(-c2nc(-c3ccccc3)nc(-c3ccccc3)n2)c1. The fourth-order valence-corrected chi connectivity index (χ4v) is 2.88. The van der Waals surface area contributed by atoms with E-state index in [9.17, 15) is 0 Å². The lowest BCUT2D eigenvalue weighted by Crippen LogP contribution is -2.00. The lowest BCUT2D eigenvalue weighted by Gasteiger charge is -2.09. The summed E-state index contributed by atoms with van der Waals surface area (Å²) in [4.78, 5) is 14.1. The van der Waals surface area contributed by atoms with Crippen LogP contribution in [0, 0.1) is 6.92 Å². The van der Waals surface area contributed by atoms with Crippen molar-refractivity contribution in [3.63, 3.8) is 0 Å². The third kappa shape index (κ3) is 3.30. The molecule has 4 heteroatoms. The Morgan fingerprint density at radius 2 is 1.04 bits per heavy atom. The Morgan fingerprint density at radius 3 is 1.50 bits per heavy atom. The Bertz CT molecular complexity index is 966. The van der Waals surface area contributed by atoms with E-state index in [2.05, 4.69) is 0 Å². The van der Waals surface area contributed by atoms with Crippen LogP contribution in [0.2, 0.25) is 0 Å². The second-order valence-corrected chi connectivity index (χ2v) is 6.17. The van der Waals surface area contributed by atoms with Crippen molar-refractivity contribution in [2.24, 2.45) is 0 Å². The molecule has 1 aromatic heterocycles. The highest BCUT2D eigenvalue weighted by atomic mass is 15.0. The second kappa shape index (κ2) is 6.76. The molecule has 0 atom stereocenters. The monoisotopic (exact) mass is 338 g/mol. The van der Waals surface area contributed by atoms with Crippen LogP contribution in [0.25, 0.3) is 34.2 Å². The molecule has 1 heterocycles. The maximum Gasteiger partial charge on any atom is 0.164 e. The number of hydrogen-bond donors (Lipinski definition) is 1. The van der Waals surface area contributed by atoms with Gasteiger partial charge in [0.1, 0.15) is 0 Å². The number of nitrogen functional groups attached to an aromatic ring is 1. The van der Waals surface area contributed by atoms with Crippen molar-refractivity contribution in [1.82, 2.24) is 15.0 Å². The van der Waals surface area contributed by atoms with Gasteiger partial charge in [0.2, 0.25) is 0 Å². The van der Waals surface area contributed by atoms with Gasteiger partial charge in [-0.25, -0.2) is 15.0 Å². The van der Waals surface area contributed by atoms with Crippen LogP contribution < -0.4 is 5.73 Å². The predicted octanol–water partition coefficient (Wildman–Crippen LogP) is 4.76. The Balaban J connectivity index is 1.93. The molecule has 0 bridgehead atoms. The molecule has 0 saturated heterocycles. The van der Waals surface area contributed by atoms with E-state index in [0.29, 0.717) is 23.2 Å². The highest BCUT2D eigenvalue weighted by Gasteiger charge is 2.12. The Hall–Kier alpha value is -3.53. The van der Waals surface area contributed by atoms with Gasteiger partial charge in [-0.1, -0.05) is 60.7 Å². The molecule has 0 spiro atoms. The molecule has 0 aliphatic heterocycles. The zero-order valence-electron chi connectivity index (χ0n) is 14.4. The van der Waals surface area contributed by atoms with Gasteiger partial charge in [0.15, 0.2) is 17.5 Å². The molecule has 4 rings (SSSR count). The lowest BCUT2D eigenvalue weighted by atomic mass is 10.1. The molecule has 2 N–H and O–H groups in total. The van der Waals surface area contributed by atoms with Crippen LogP contribution in [-0.4, -0.2) is 15.0 Å². The van der Waals surface area contributed by atoms with E-state index in [4.69, 9.17) is 20.7 Å². The zero-order chi connectivity index (χ0) is 17.9. The maximum atomic E-state index is 6.02. The summed E-state index contributed by atoms with van der Waals surface area (Å²) in [6.45, 7) is 2.01. The molecule has 3 aromatic carbocycles.